The largest absolute Gasteiger partial charge is 0.368 e. The fourth-order valence-electron chi connectivity index (χ4n) is 1.89. The van der Waals surface area contributed by atoms with Crippen LogP contribution >= 0.6 is 11.6 Å². The van der Waals surface area contributed by atoms with Gasteiger partial charge in [-0.05, 0) is 35.9 Å². The van der Waals surface area contributed by atoms with Gasteiger partial charge in [-0.15, -0.1) is 0 Å². The first-order valence-electron chi connectivity index (χ1n) is 5.76. The molecule has 0 saturated carbocycles. The predicted octanol–water partition coefficient (Wildman–Crippen LogP) is 3.37. The Morgan fingerprint density at radius 3 is 2.68 bits per heavy atom. The number of H-pyrrole nitrogens is 1. The predicted molar refractivity (Wildman–Crippen MR) is 76.7 cm³/mol. The highest BCUT2D eigenvalue weighted by atomic mass is 35.5. The molecule has 0 unspecified atom stereocenters. The van der Waals surface area contributed by atoms with E-state index < -0.39 is 0 Å². The van der Waals surface area contributed by atoms with E-state index in [1.807, 2.05) is 42.5 Å². The number of nitrogens with zero attached hydrogens (tertiary/aromatic N) is 2. The van der Waals surface area contributed by atoms with Crippen LogP contribution in [0, 0.1) is 0 Å². The Hall–Kier alpha value is -2.33. The topological polar surface area (TPSA) is 67.6 Å². The second-order valence-electron chi connectivity index (χ2n) is 4.10. The summed E-state index contributed by atoms with van der Waals surface area (Å²) in [5, 5.41) is 0.708. The van der Waals surface area contributed by atoms with Crippen molar-refractivity contribution in [3.8, 4) is 22.6 Å². The number of aromatic amines is 1. The Morgan fingerprint density at radius 1 is 1.05 bits per heavy atom. The SMILES string of the molecule is Nc1nccc(-c2ccc(-c3cccc(Cl)c3)[nH]2)n1. The molecule has 0 aliphatic rings. The molecule has 0 fully saturated rings. The Morgan fingerprint density at radius 2 is 1.89 bits per heavy atom. The Balaban J connectivity index is 2.00. The molecule has 0 saturated heterocycles. The van der Waals surface area contributed by atoms with Crippen molar-refractivity contribution in [2.45, 2.75) is 0 Å². The molecule has 0 spiro atoms. The number of nitrogen functional groups attached to an aromatic ring is 1. The van der Waals surface area contributed by atoms with Crippen molar-refractivity contribution in [1.29, 1.82) is 0 Å². The smallest absolute Gasteiger partial charge is 0.220 e. The van der Waals surface area contributed by atoms with E-state index in [1.165, 1.54) is 0 Å². The lowest BCUT2D eigenvalue weighted by atomic mass is 10.2. The maximum atomic E-state index is 5.99. The fraction of sp³-hybridized carbons (Fsp3) is 0. The van der Waals surface area contributed by atoms with E-state index in [0.29, 0.717) is 5.02 Å². The number of hydrogen-bond donors (Lipinski definition) is 2. The monoisotopic (exact) mass is 270 g/mol. The molecule has 94 valence electrons. The molecule has 0 radical (unpaired) electrons. The standard InChI is InChI=1S/C14H11ClN4/c15-10-3-1-2-9(8-10)11-4-5-12(18-11)13-6-7-17-14(16)19-13/h1-8,18H,(H2,16,17,19). The molecule has 0 aliphatic carbocycles. The van der Waals surface area contributed by atoms with Crippen molar-refractivity contribution < 1.29 is 0 Å². The minimum atomic E-state index is 0.261. The van der Waals surface area contributed by atoms with Crippen LogP contribution in [0.25, 0.3) is 22.6 Å². The molecule has 3 rings (SSSR count). The quantitative estimate of drug-likeness (QED) is 0.750. The summed E-state index contributed by atoms with van der Waals surface area (Å²) in [6.07, 6.45) is 1.64. The second kappa shape index (κ2) is 4.74. The van der Waals surface area contributed by atoms with E-state index in [2.05, 4.69) is 15.0 Å². The van der Waals surface area contributed by atoms with Gasteiger partial charge in [-0.1, -0.05) is 23.7 Å². The lowest BCUT2D eigenvalue weighted by molar-refractivity contribution is 1.18. The maximum Gasteiger partial charge on any atom is 0.220 e. The number of nitrogens with two attached hydrogens (primary N) is 1. The average molecular weight is 271 g/mol. The number of benzene rings is 1. The van der Waals surface area contributed by atoms with Crippen molar-refractivity contribution in [3.63, 3.8) is 0 Å². The first kappa shape index (κ1) is 11.7. The van der Waals surface area contributed by atoms with E-state index in [4.69, 9.17) is 17.3 Å². The van der Waals surface area contributed by atoms with Crippen LogP contribution in [-0.4, -0.2) is 15.0 Å². The van der Waals surface area contributed by atoms with Crippen LogP contribution in [0.5, 0.6) is 0 Å². The van der Waals surface area contributed by atoms with Crippen molar-refractivity contribution in [1.82, 2.24) is 15.0 Å². The third-order valence-electron chi connectivity index (χ3n) is 2.77. The van der Waals surface area contributed by atoms with Crippen LogP contribution in [0.1, 0.15) is 0 Å². The number of aromatic nitrogens is 3. The van der Waals surface area contributed by atoms with Gasteiger partial charge in [0, 0.05) is 16.9 Å². The summed E-state index contributed by atoms with van der Waals surface area (Å²) in [6, 6.07) is 13.4. The minimum absolute atomic E-state index is 0.261. The summed E-state index contributed by atoms with van der Waals surface area (Å²) >= 11 is 5.99. The van der Waals surface area contributed by atoms with E-state index >= 15 is 0 Å². The lowest BCUT2D eigenvalue weighted by Crippen LogP contribution is -1.95. The number of halogens is 1. The molecule has 0 bridgehead atoms. The zero-order valence-corrected chi connectivity index (χ0v) is 10.7. The molecule has 19 heavy (non-hydrogen) atoms. The maximum absolute atomic E-state index is 5.99. The normalized spacial score (nSPS) is 10.6. The highest BCUT2D eigenvalue weighted by Crippen LogP contribution is 2.25. The van der Waals surface area contributed by atoms with Crippen molar-refractivity contribution in [2.75, 3.05) is 5.73 Å². The molecule has 4 nitrogen and oxygen atoms in total. The lowest BCUT2D eigenvalue weighted by Gasteiger charge is -2.00. The molecular formula is C14H11ClN4. The van der Waals surface area contributed by atoms with Gasteiger partial charge >= 0.3 is 0 Å². The molecule has 0 aliphatic heterocycles. The van der Waals surface area contributed by atoms with Gasteiger partial charge in [-0.2, -0.15) is 0 Å². The van der Waals surface area contributed by atoms with E-state index in [9.17, 15) is 0 Å². The van der Waals surface area contributed by atoms with Gasteiger partial charge in [0.2, 0.25) is 5.95 Å². The van der Waals surface area contributed by atoms with Gasteiger partial charge in [-0.25, -0.2) is 9.97 Å². The first-order chi connectivity index (χ1) is 9.22. The van der Waals surface area contributed by atoms with Crippen LogP contribution in [-0.2, 0) is 0 Å². The third-order valence-corrected chi connectivity index (χ3v) is 3.01. The molecule has 2 heterocycles. The van der Waals surface area contributed by atoms with E-state index in [1.54, 1.807) is 6.20 Å². The highest BCUT2D eigenvalue weighted by Gasteiger charge is 2.05. The van der Waals surface area contributed by atoms with Crippen LogP contribution in [0.3, 0.4) is 0 Å². The average Bonchev–Trinajstić information content (AvgIpc) is 2.88. The molecule has 1 aromatic carbocycles. The number of hydrogen-bond acceptors (Lipinski definition) is 3. The zero-order chi connectivity index (χ0) is 13.2. The first-order valence-corrected chi connectivity index (χ1v) is 6.14. The zero-order valence-electron chi connectivity index (χ0n) is 9.97. The third kappa shape index (κ3) is 2.44. The number of anilines is 1. The highest BCUT2D eigenvalue weighted by molar-refractivity contribution is 6.30. The van der Waals surface area contributed by atoms with E-state index in [-0.39, 0.29) is 5.95 Å². The van der Waals surface area contributed by atoms with Gasteiger partial charge < -0.3 is 10.7 Å². The summed E-state index contributed by atoms with van der Waals surface area (Å²) in [7, 11) is 0. The minimum Gasteiger partial charge on any atom is -0.368 e. The van der Waals surface area contributed by atoms with Gasteiger partial charge in [0.25, 0.3) is 0 Å². The molecule has 3 aromatic rings. The molecule has 2 aromatic heterocycles. The summed E-state index contributed by atoms with van der Waals surface area (Å²) in [4.78, 5) is 11.4. The second-order valence-corrected chi connectivity index (χ2v) is 4.53. The summed E-state index contributed by atoms with van der Waals surface area (Å²) in [6.45, 7) is 0. The molecule has 0 amide bonds. The van der Waals surface area contributed by atoms with Gasteiger partial charge in [0.05, 0.1) is 11.4 Å². The summed E-state index contributed by atoms with van der Waals surface area (Å²) < 4.78 is 0. The van der Waals surface area contributed by atoms with Crippen LogP contribution < -0.4 is 5.73 Å². The molecule has 5 heteroatoms. The summed E-state index contributed by atoms with van der Waals surface area (Å²) in [5.41, 5.74) is 9.25. The van der Waals surface area contributed by atoms with Crippen LogP contribution in [0.2, 0.25) is 5.02 Å². The van der Waals surface area contributed by atoms with Gasteiger partial charge in [-0.3, -0.25) is 0 Å². The number of nitrogens with one attached hydrogen (secondary N) is 1. The van der Waals surface area contributed by atoms with Crippen LogP contribution in [0.4, 0.5) is 5.95 Å². The van der Waals surface area contributed by atoms with E-state index in [0.717, 1.165) is 22.6 Å². The molecular weight excluding hydrogens is 260 g/mol. The fourth-order valence-corrected chi connectivity index (χ4v) is 2.08. The van der Waals surface area contributed by atoms with Gasteiger partial charge in [0.1, 0.15) is 0 Å². The van der Waals surface area contributed by atoms with Crippen molar-refractivity contribution >= 4 is 17.5 Å². The Bertz CT molecular complexity index is 661. The molecule has 0 atom stereocenters. The molecule has 3 N–H and O–H groups in total. The van der Waals surface area contributed by atoms with Crippen molar-refractivity contribution in [3.05, 3.63) is 53.7 Å². The van der Waals surface area contributed by atoms with Gasteiger partial charge in [0.15, 0.2) is 0 Å². The Labute approximate surface area is 115 Å². The number of rotatable bonds is 2. The summed E-state index contributed by atoms with van der Waals surface area (Å²) in [5.74, 6) is 0.261. The van der Waals surface area contributed by atoms with Crippen LogP contribution in [0.15, 0.2) is 48.7 Å². The van der Waals surface area contributed by atoms with Crippen molar-refractivity contribution in [2.24, 2.45) is 0 Å². The Kier molecular flexibility index (Phi) is 2.93.